The Balaban J connectivity index is 1.59. The first kappa shape index (κ1) is 24.9. The molecule has 5 rings (SSSR count). The number of fused-ring (bicyclic) bond motifs is 3. The summed E-state index contributed by atoms with van der Waals surface area (Å²) in [5.74, 6) is 1.71. The zero-order valence-corrected chi connectivity index (χ0v) is 21.9. The van der Waals surface area contributed by atoms with E-state index in [9.17, 15) is 0 Å². The van der Waals surface area contributed by atoms with E-state index in [0.29, 0.717) is 0 Å². The normalized spacial score (nSPS) is 12.1. The van der Waals surface area contributed by atoms with Crippen LogP contribution in [0.2, 0.25) is 0 Å². The molecule has 0 radical (unpaired) electrons. The van der Waals surface area contributed by atoms with E-state index in [1.54, 1.807) is 6.08 Å². The highest BCUT2D eigenvalue weighted by Crippen LogP contribution is 2.39. The fourth-order valence-corrected chi connectivity index (χ4v) is 4.63. The van der Waals surface area contributed by atoms with Crippen LogP contribution in [0.5, 0.6) is 11.5 Å². The maximum Gasteiger partial charge on any atom is 0.138 e. The third-order valence-corrected chi connectivity index (χ3v) is 6.72. The molecule has 0 spiro atoms. The van der Waals surface area contributed by atoms with E-state index in [1.165, 1.54) is 10.8 Å². The lowest BCUT2D eigenvalue weighted by Crippen LogP contribution is -1.92. The number of allylic oxidation sites excluding steroid dienone is 7. The summed E-state index contributed by atoms with van der Waals surface area (Å²) >= 11 is 0. The van der Waals surface area contributed by atoms with Gasteiger partial charge in [-0.15, -0.1) is 0 Å². The fraction of sp³-hybridized carbons (Fsp3) is 0.0556. The minimum Gasteiger partial charge on any atom is -0.456 e. The van der Waals surface area contributed by atoms with Crippen molar-refractivity contribution < 1.29 is 4.74 Å². The molecule has 0 bridgehead atoms. The van der Waals surface area contributed by atoms with Gasteiger partial charge < -0.3 is 9.30 Å². The maximum absolute atomic E-state index is 6.38. The fourth-order valence-electron chi connectivity index (χ4n) is 4.63. The minimum absolute atomic E-state index is 0.829. The second-order valence-corrected chi connectivity index (χ2v) is 9.30. The second kappa shape index (κ2) is 11.1. The minimum atomic E-state index is 0.829. The van der Waals surface area contributed by atoms with Crippen molar-refractivity contribution in [1.29, 1.82) is 0 Å². The van der Waals surface area contributed by atoms with Gasteiger partial charge in [0.1, 0.15) is 11.5 Å². The van der Waals surface area contributed by atoms with Gasteiger partial charge in [0.25, 0.3) is 0 Å². The molecule has 2 nitrogen and oxygen atoms in total. The monoisotopic (exact) mass is 493 g/mol. The molecule has 0 aliphatic rings. The van der Waals surface area contributed by atoms with E-state index in [4.69, 9.17) is 4.74 Å². The van der Waals surface area contributed by atoms with Gasteiger partial charge in [0.05, 0.1) is 11.0 Å². The highest BCUT2D eigenvalue weighted by Gasteiger charge is 2.14. The number of para-hydroxylation sites is 3. The summed E-state index contributed by atoms with van der Waals surface area (Å²) in [5, 5.41) is 2.40. The lowest BCUT2D eigenvalue weighted by atomic mass is 9.99. The van der Waals surface area contributed by atoms with Crippen molar-refractivity contribution in [3.05, 3.63) is 151 Å². The summed E-state index contributed by atoms with van der Waals surface area (Å²) in [7, 11) is 0. The quantitative estimate of drug-likeness (QED) is 0.196. The Kier molecular flexibility index (Phi) is 7.24. The predicted octanol–water partition coefficient (Wildman–Crippen LogP) is 10.3. The second-order valence-electron chi connectivity index (χ2n) is 9.30. The Hall–Kier alpha value is -4.82. The Labute approximate surface area is 224 Å². The third kappa shape index (κ3) is 5.02. The first-order valence-electron chi connectivity index (χ1n) is 12.8. The Bertz CT molecular complexity index is 1730. The van der Waals surface area contributed by atoms with Crippen LogP contribution in [0.15, 0.2) is 146 Å². The van der Waals surface area contributed by atoms with Crippen molar-refractivity contribution in [2.45, 2.75) is 13.8 Å². The molecule has 0 unspecified atom stereocenters. The molecule has 4 aromatic carbocycles. The van der Waals surface area contributed by atoms with Gasteiger partial charge in [-0.2, -0.15) is 0 Å². The molecule has 186 valence electrons. The number of rotatable bonds is 8. The van der Waals surface area contributed by atoms with Crippen LogP contribution in [0.25, 0.3) is 39.1 Å². The number of ether oxygens (including phenoxy) is 1. The maximum atomic E-state index is 6.38. The number of aryl methyl sites for hydroxylation is 1. The van der Waals surface area contributed by atoms with Crippen molar-refractivity contribution in [2.75, 3.05) is 0 Å². The smallest absolute Gasteiger partial charge is 0.138 e. The molecular formula is C36H31NO. The van der Waals surface area contributed by atoms with Gasteiger partial charge in [-0.3, -0.25) is 0 Å². The molecule has 2 heteroatoms. The lowest BCUT2D eigenvalue weighted by Gasteiger charge is -2.14. The standard InChI is InChI=1S/C36H31NO/c1-5-6-8-14-26(2)27(3)23-24-37-34-20-12-11-18-32(34)33-25-29(21-22-35(33)37)31-19-13-15-28(4)36(31)38-30-16-9-7-10-17-30/h5-25H,1,3H2,2,4H3/b8-6-,24-23+,26-14+. The molecule has 0 saturated carbocycles. The van der Waals surface area contributed by atoms with Crippen LogP contribution in [0, 0.1) is 6.92 Å². The molecule has 0 aliphatic carbocycles. The van der Waals surface area contributed by atoms with Crippen LogP contribution in [-0.4, -0.2) is 4.57 Å². The summed E-state index contributed by atoms with van der Waals surface area (Å²) < 4.78 is 8.62. The molecule has 0 N–H and O–H groups in total. The SMILES string of the molecule is C=C/C=C\C=C(/C)C(=C)/C=C/n1c2ccccc2c2cc(-c3cccc(C)c3Oc3ccccc3)ccc21. The van der Waals surface area contributed by atoms with E-state index in [-0.39, 0.29) is 0 Å². The van der Waals surface area contributed by atoms with Gasteiger partial charge in [0.2, 0.25) is 0 Å². The molecule has 5 aromatic rings. The molecule has 0 amide bonds. The zero-order valence-electron chi connectivity index (χ0n) is 21.9. The van der Waals surface area contributed by atoms with Crippen molar-refractivity contribution in [3.8, 4) is 22.6 Å². The Morgan fingerprint density at radius 2 is 1.58 bits per heavy atom. The van der Waals surface area contributed by atoms with Gasteiger partial charge in [0, 0.05) is 22.5 Å². The number of aromatic nitrogens is 1. The van der Waals surface area contributed by atoms with E-state index in [1.807, 2.05) is 48.6 Å². The van der Waals surface area contributed by atoms with E-state index >= 15 is 0 Å². The van der Waals surface area contributed by atoms with Gasteiger partial charge in [0.15, 0.2) is 0 Å². The molecule has 1 heterocycles. The van der Waals surface area contributed by atoms with Gasteiger partial charge in [-0.1, -0.05) is 98.1 Å². The average Bonchev–Trinajstić information content (AvgIpc) is 3.26. The largest absolute Gasteiger partial charge is 0.456 e. The zero-order chi connectivity index (χ0) is 26.5. The number of hydrogen-bond acceptors (Lipinski definition) is 1. The van der Waals surface area contributed by atoms with Crippen molar-refractivity contribution in [2.24, 2.45) is 0 Å². The van der Waals surface area contributed by atoms with Crippen LogP contribution >= 0.6 is 0 Å². The molecular weight excluding hydrogens is 462 g/mol. The molecule has 0 aliphatic heterocycles. The van der Waals surface area contributed by atoms with E-state index < -0.39 is 0 Å². The van der Waals surface area contributed by atoms with E-state index in [0.717, 1.165) is 50.4 Å². The highest BCUT2D eigenvalue weighted by molar-refractivity contribution is 6.10. The van der Waals surface area contributed by atoms with Gasteiger partial charge in [-0.05, 0) is 72.5 Å². The van der Waals surface area contributed by atoms with Gasteiger partial charge in [-0.25, -0.2) is 0 Å². The number of nitrogens with zero attached hydrogens (tertiary/aromatic N) is 1. The van der Waals surface area contributed by atoms with Crippen LogP contribution in [0.4, 0.5) is 0 Å². The molecule has 38 heavy (non-hydrogen) atoms. The average molecular weight is 494 g/mol. The van der Waals surface area contributed by atoms with Crippen LogP contribution in [0.1, 0.15) is 12.5 Å². The first-order chi connectivity index (χ1) is 18.6. The van der Waals surface area contributed by atoms with Crippen LogP contribution < -0.4 is 4.74 Å². The number of benzene rings is 4. The van der Waals surface area contributed by atoms with Crippen molar-refractivity contribution in [3.63, 3.8) is 0 Å². The Morgan fingerprint density at radius 3 is 2.39 bits per heavy atom. The number of hydrogen-bond donors (Lipinski definition) is 0. The van der Waals surface area contributed by atoms with Crippen molar-refractivity contribution >= 4 is 28.0 Å². The highest BCUT2D eigenvalue weighted by atomic mass is 16.5. The first-order valence-corrected chi connectivity index (χ1v) is 12.8. The molecule has 0 fully saturated rings. The summed E-state index contributed by atoms with van der Waals surface area (Å²) in [6.07, 6.45) is 11.9. The molecule has 0 atom stereocenters. The third-order valence-electron chi connectivity index (χ3n) is 6.72. The summed E-state index contributed by atoms with van der Waals surface area (Å²) in [6.45, 7) is 12.1. The predicted molar refractivity (Wildman–Crippen MR) is 164 cm³/mol. The summed E-state index contributed by atoms with van der Waals surface area (Å²) in [6, 6.07) is 31.4. The summed E-state index contributed by atoms with van der Waals surface area (Å²) in [5.41, 5.74) is 7.66. The van der Waals surface area contributed by atoms with E-state index in [2.05, 4.69) is 105 Å². The van der Waals surface area contributed by atoms with Crippen LogP contribution in [-0.2, 0) is 0 Å². The van der Waals surface area contributed by atoms with Gasteiger partial charge >= 0.3 is 0 Å². The topological polar surface area (TPSA) is 14.2 Å². The lowest BCUT2D eigenvalue weighted by molar-refractivity contribution is 0.481. The molecule has 0 saturated heterocycles. The molecule has 1 aromatic heterocycles. The Morgan fingerprint density at radius 1 is 0.816 bits per heavy atom. The summed E-state index contributed by atoms with van der Waals surface area (Å²) in [4.78, 5) is 0. The van der Waals surface area contributed by atoms with Crippen molar-refractivity contribution in [1.82, 2.24) is 4.57 Å². The van der Waals surface area contributed by atoms with Crippen LogP contribution in [0.3, 0.4) is 0 Å².